The predicted molar refractivity (Wildman–Crippen MR) is 397 cm³/mol. The van der Waals surface area contributed by atoms with Crippen LogP contribution in [0.1, 0.15) is 148 Å². The lowest BCUT2D eigenvalue weighted by atomic mass is 9.79. The van der Waals surface area contributed by atoms with Gasteiger partial charge >= 0.3 is 23.9 Å². The van der Waals surface area contributed by atoms with Crippen LogP contribution in [-0.2, 0) is 85.8 Å². The fourth-order valence-corrected chi connectivity index (χ4v) is 15.4. The molecule has 4 aliphatic rings. The zero-order valence-electron chi connectivity index (χ0n) is 65.0. The smallest absolute Gasteiger partial charge is 0.364 e. The van der Waals surface area contributed by atoms with E-state index in [1.54, 1.807) is 83.1 Å². The molecule has 0 radical (unpaired) electrons. The van der Waals surface area contributed by atoms with E-state index < -0.39 is 206 Å². The lowest BCUT2D eigenvalue weighted by Gasteiger charge is -2.47. The van der Waals surface area contributed by atoms with Crippen molar-refractivity contribution in [2.75, 3.05) is 61.2 Å². The summed E-state index contributed by atoms with van der Waals surface area (Å²) in [5.74, 6) is -16.4. The van der Waals surface area contributed by atoms with E-state index in [2.05, 4.69) is 10.6 Å². The minimum atomic E-state index is -2.24. The number of hydrogen-bond acceptors (Lipinski definition) is 32. The summed E-state index contributed by atoms with van der Waals surface area (Å²) in [6.45, 7) is 21.0. The lowest BCUT2D eigenvalue weighted by molar-refractivity contribution is -0.327. The zero-order valence-corrected chi connectivity index (χ0v) is 68.3. The minimum Gasteiger partial charge on any atom is -0.477 e. The summed E-state index contributed by atoms with van der Waals surface area (Å²) in [4.78, 5) is 120. The first-order valence-electron chi connectivity index (χ1n) is 35.6. The van der Waals surface area contributed by atoms with E-state index in [0.29, 0.717) is 23.0 Å². The summed E-state index contributed by atoms with van der Waals surface area (Å²) >= 11 is 6.04. The molecular formula is C70H122N2O32S4. The molecule has 0 bridgehead atoms. The number of ether oxygens (including phenoxy) is 8. The molecule has 628 valence electrons. The molecule has 4 aliphatic heterocycles. The van der Waals surface area contributed by atoms with Gasteiger partial charge in [-0.3, -0.25) is 28.8 Å². The van der Waals surface area contributed by atoms with Gasteiger partial charge in [-0.25, -0.2) is 19.2 Å². The third kappa shape index (κ3) is 30.8. The summed E-state index contributed by atoms with van der Waals surface area (Å²) in [5, 5.41) is 145. The molecule has 4 saturated heterocycles. The third-order valence-corrected chi connectivity index (χ3v) is 21.2. The number of carbonyl (C=O) groups excluding carboxylic acids is 6. The maximum atomic E-state index is 12.5. The first-order chi connectivity index (χ1) is 50.0. The van der Waals surface area contributed by atoms with Crippen LogP contribution in [0.4, 0.5) is 0 Å². The molecule has 4 fully saturated rings. The van der Waals surface area contributed by atoms with Crippen LogP contribution in [0.15, 0.2) is 0 Å². The molecule has 2 amide bonds. The second-order valence-electron chi connectivity index (χ2n) is 28.8. The number of Topliss-reactive ketones (excluding diaryl/α,β-unsaturated/α-hetero) is 4. The first-order valence-corrected chi connectivity index (χ1v) is 41.2. The van der Waals surface area contributed by atoms with Crippen LogP contribution in [0.3, 0.4) is 0 Å². The van der Waals surface area contributed by atoms with Crippen LogP contribution >= 0.6 is 47.0 Å². The van der Waals surface area contributed by atoms with Gasteiger partial charge in [0.1, 0.15) is 47.5 Å². The number of nitrogens with one attached hydrogen (secondary N) is 2. The molecule has 0 aromatic carbocycles. The quantitative estimate of drug-likeness (QED) is 0.0405. The van der Waals surface area contributed by atoms with E-state index >= 15 is 0 Å². The van der Waals surface area contributed by atoms with Crippen molar-refractivity contribution in [3.8, 4) is 0 Å². The number of carbonyl (C=O) groups is 10. The molecule has 24 atom stereocenters. The number of ketones is 4. The molecule has 0 aliphatic carbocycles. The second kappa shape index (κ2) is 47.8. The van der Waals surface area contributed by atoms with Gasteiger partial charge in [-0.05, 0) is 80.4 Å². The average molecular weight is 1630 g/mol. The molecule has 4 heterocycles. The van der Waals surface area contributed by atoms with E-state index in [9.17, 15) is 109 Å². The Bertz CT molecular complexity index is 2670. The normalized spacial score (nSPS) is 30.7. The highest BCUT2D eigenvalue weighted by Crippen LogP contribution is 2.42. The first kappa shape index (κ1) is 102. The number of carboxylic acid groups (broad SMARTS) is 4. The molecule has 4 rings (SSSR count). The van der Waals surface area contributed by atoms with Gasteiger partial charge in [0.2, 0.25) is 11.8 Å². The lowest BCUT2D eigenvalue weighted by Crippen LogP contribution is -2.64. The van der Waals surface area contributed by atoms with E-state index in [0.717, 1.165) is 0 Å². The highest BCUT2D eigenvalue weighted by atomic mass is 32.2. The highest BCUT2D eigenvalue weighted by molar-refractivity contribution is 7.99. The van der Waals surface area contributed by atoms with Gasteiger partial charge in [-0.15, -0.1) is 0 Å². The second-order valence-corrected chi connectivity index (χ2v) is 32.5. The van der Waals surface area contributed by atoms with Gasteiger partial charge in [0.25, 0.3) is 23.1 Å². The van der Waals surface area contributed by atoms with Crippen molar-refractivity contribution < 1.29 is 157 Å². The largest absolute Gasteiger partial charge is 0.477 e. The Kier molecular flexibility index (Phi) is 45.2. The van der Waals surface area contributed by atoms with Gasteiger partial charge in [-0.2, -0.15) is 47.0 Å². The Labute approximate surface area is 648 Å². The van der Waals surface area contributed by atoms with Gasteiger partial charge in [0, 0.05) is 124 Å². The van der Waals surface area contributed by atoms with Gasteiger partial charge in [-0.1, -0.05) is 27.7 Å². The van der Waals surface area contributed by atoms with Crippen molar-refractivity contribution in [1.29, 1.82) is 0 Å². The van der Waals surface area contributed by atoms with Crippen LogP contribution < -0.4 is 10.6 Å². The predicted octanol–water partition coefficient (Wildman–Crippen LogP) is 0.872. The fraction of sp³-hybridized carbons (Fsp3) is 0.857. The minimum absolute atomic E-state index is 0.125. The number of amides is 2. The van der Waals surface area contributed by atoms with Crippen molar-refractivity contribution in [2.45, 2.75) is 281 Å². The maximum absolute atomic E-state index is 12.5. The summed E-state index contributed by atoms with van der Waals surface area (Å²) < 4.78 is 44.4. The Hall–Kier alpha value is -3.82. The Morgan fingerprint density at radius 2 is 0.611 bits per heavy atom. The molecule has 0 spiro atoms. The highest BCUT2D eigenvalue weighted by Gasteiger charge is 2.60. The summed E-state index contributed by atoms with van der Waals surface area (Å²) in [5.41, 5.74) is 0. The monoisotopic (exact) mass is 1630 g/mol. The SMILES string of the molecule is CSCC(C)C(=O)CC1C(O)CC(OC(C)C)(C(=O)O)OC1C(O)C(O)CO.CSCC(C)C(=O)CC1C(O)CC(OC(C)C)(C(=O)O)OC1C(O)C(O)CO.CSCC(C)C(=O)CC1OC(OC(C)C)(C(=O)O)CC(O)C1NC(C)=O.CSCC(C)C(=O)CC1OC(OC(C)C)(C(=O)O)CC(O)C1NC(C)=O. The van der Waals surface area contributed by atoms with E-state index in [1.165, 1.54) is 60.9 Å². The molecule has 0 aromatic heterocycles. The molecule has 0 aromatic rings. The topological polar surface area (TPSA) is 552 Å². The zero-order chi connectivity index (χ0) is 83.4. The van der Waals surface area contributed by atoms with Crippen LogP contribution in [0.2, 0.25) is 0 Å². The summed E-state index contributed by atoms with van der Waals surface area (Å²) in [7, 11) is 0. The fourth-order valence-electron chi connectivity index (χ4n) is 12.6. The van der Waals surface area contributed by atoms with Crippen LogP contribution in [0.25, 0.3) is 0 Å². The van der Waals surface area contributed by atoms with E-state index in [4.69, 9.17) is 48.1 Å². The van der Waals surface area contributed by atoms with Crippen molar-refractivity contribution in [1.82, 2.24) is 10.6 Å². The van der Waals surface area contributed by atoms with Crippen molar-refractivity contribution in [3.63, 3.8) is 0 Å². The number of thioether (sulfide) groups is 4. The van der Waals surface area contributed by atoms with Crippen molar-refractivity contribution in [2.24, 2.45) is 35.5 Å². The van der Waals surface area contributed by atoms with Crippen molar-refractivity contribution in [3.05, 3.63) is 0 Å². The maximum Gasteiger partial charge on any atom is 0.364 e. The van der Waals surface area contributed by atoms with Crippen LogP contribution in [0.5, 0.6) is 0 Å². The average Bonchev–Trinajstić information content (AvgIpc) is 0.807. The molecule has 34 nitrogen and oxygen atoms in total. The molecular weight excluding hydrogens is 1510 g/mol. The number of hydrogen-bond donors (Lipinski definition) is 16. The molecule has 24 unspecified atom stereocenters. The molecule has 108 heavy (non-hydrogen) atoms. The van der Waals surface area contributed by atoms with Crippen LogP contribution in [-0.4, -0.2) is 324 Å². The number of aliphatic hydroxyl groups is 10. The summed E-state index contributed by atoms with van der Waals surface area (Å²) in [6.07, 6.45) is -13.4. The Morgan fingerprint density at radius 3 is 0.815 bits per heavy atom. The molecule has 0 saturated carbocycles. The number of rotatable bonds is 40. The molecule has 16 N–H and O–H groups in total. The number of aliphatic hydroxyl groups excluding tert-OH is 10. The van der Waals surface area contributed by atoms with Crippen molar-refractivity contribution >= 4 is 106 Å². The van der Waals surface area contributed by atoms with Gasteiger partial charge in [0.15, 0.2) is 0 Å². The standard InChI is InChI=1S/2C18H32O9S.2C17H29NO7S/c2*1-9(2)26-18(17(24)25)6-13(21)11(5-12(20)10(3)8-28-4)16(27-18)15(23)14(22)7-19;2*1-9(2)24-17(16(22)23)7-13(21)15(18-11(4)19)14(25-17)6-12(20)10(3)8-26-5/h2*9-11,13-16,19,21-23H,5-8H2,1-4H3,(H,24,25);2*9-10,13-15,21H,6-8H2,1-5H3,(H,18,19)(H,22,23). The van der Waals surface area contributed by atoms with Gasteiger partial charge in [0.05, 0.1) is 98.5 Å². The number of aliphatic carboxylic acids is 4. The van der Waals surface area contributed by atoms with E-state index in [-0.39, 0.29) is 85.3 Å². The third-order valence-electron chi connectivity index (χ3n) is 17.8. The Morgan fingerprint density at radius 1 is 0.389 bits per heavy atom. The number of carboxylic acids is 4. The Balaban J connectivity index is 0.000000720. The summed E-state index contributed by atoms with van der Waals surface area (Å²) in [6, 6.07) is -1.78. The molecule has 38 heteroatoms. The van der Waals surface area contributed by atoms with Gasteiger partial charge < -0.3 is 120 Å². The van der Waals surface area contributed by atoms with Crippen LogP contribution in [0, 0.1) is 35.5 Å². The van der Waals surface area contributed by atoms with E-state index in [1.807, 2.05) is 25.0 Å².